The van der Waals surface area contributed by atoms with Crippen molar-refractivity contribution in [3.8, 4) is 0 Å². The molecule has 0 bridgehead atoms. The van der Waals surface area contributed by atoms with E-state index in [-0.39, 0.29) is 23.8 Å². The second-order valence-electron chi connectivity index (χ2n) is 4.64. The number of sulfonamides is 1. The standard InChI is InChI=1S/C15H18N2O3S2/c18-15(16-10-8-13-5-4-12-21-13)9-11-17-22(19,20)14-6-2-1-3-7-14/h1-7,12,17H,8-11H2,(H,16,18). The zero-order chi connectivity index (χ0) is 15.8. The van der Waals surface area contributed by atoms with Crippen LogP contribution in [0.25, 0.3) is 0 Å². The fraction of sp³-hybridized carbons (Fsp3) is 0.267. The Hall–Kier alpha value is -1.70. The van der Waals surface area contributed by atoms with Crippen molar-refractivity contribution in [2.24, 2.45) is 0 Å². The molecule has 0 fully saturated rings. The van der Waals surface area contributed by atoms with Crippen LogP contribution in [0.4, 0.5) is 0 Å². The normalized spacial score (nSPS) is 11.3. The second-order valence-corrected chi connectivity index (χ2v) is 7.44. The van der Waals surface area contributed by atoms with E-state index < -0.39 is 10.0 Å². The molecule has 22 heavy (non-hydrogen) atoms. The first-order chi connectivity index (χ1) is 10.6. The maximum atomic E-state index is 11.9. The lowest BCUT2D eigenvalue weighted by molar-refractivity contribution is -0.120. The number of amides is 1. The highest BCUT2D eigenvalue weighted by Gasteiger charge is 2.13. The molecule has 0 aliphatic carbocycles. The van der Waals surface area contributed by atoms with Gasteiger partial charge in [0, 0.05) is 24.4 Å². The fourth-order valence-electron chi connectivity index (χ4n) is 1.85. The molecule has 0 aliphatic heterocycles. The topological polar surface area (TPSA) is 75.3 Å². The predicted octanol–water partition coefficient (Wildman–Crippen LogP) is 1.78. The molecule has 2 aromatic rings. The molecule has 0 spiro atoms. The molecule has 0 radical (unpaired) electrons. The smallest absolute Gasteiger partial charge is 0.240 e. The molecule has 0 unspecified atom stereocenters. The summed E-state index contributed by atoms with van der Waals surface area (Å²) in [5.74, 6) is -0.160. The minimum Gasteiger partial charge on any atom is -0.356 e. The Morgan fingerprint density at radius 3 is 2.50 bits per heavy atom. The fourth-order valence-corrected chi connectivity index (χ4v) is 3.61. The predicted molar refractivity (Wildman–Crippen MR) is 87.3 cm³/mol. The van der Waals surface area contributed by atoms with Crippen LogP contribution in [0, 0.1) is 0 Å². The molecule has 2 rings (SSSR count). The van der Waals surface area contributed by atoms with Gasteiger partial charge in [0.1, 0.15) is 0 Å². The van der Waals surface area contributed by atoms with Gasteiger partial charge in [-0.3, -0.25) is 4.79 Å². The van der Waals surface area contributed by atoms with Crippen molar-refractivity contribution in [1.82, 2.24) is 10.0 Å². The van der Waals surface area contributed by atoms with Gasteiger partial charge in [-0.1, -0.05) is 24.3 Å². The monoisotopic (exact) mass is 338 g/mol. The number of nitrogens with one attached hydrogen (secondary N) is 2. The maximum Gasteiger partial charge on any atom is 0.240 e. The summed E-state index contributed by atoms with van der Waals surface area (Å²) in [6.45, 7) is 0.646. The molecule has 1 aromatic heterocycles. The molecular formula is C15H18N2O3S2. The highest BCUT2D eigenvalue weighted by atomic mass is 32.2. The quantitative estimate of drug-likeness (QED) is 0.770. The molecule has 5 nitrogen and oxygen atoms in total. The summed E-state index contributed by atoms with van der Waals surface area (Å²) >= 11 is 1.65. The largest absolute Gasteiger partial charge is 0.356 e. The Balaban J connectivity index is 1.68. The zero-order valence-electron chi connectivity index (χ0n) is 12.0. The van der Waals surface area contributed by atoms with Crippen molar-refractivity contribution in [1.29, 1.82) is 0 Å². The van der Waals surface area contributed by atoms with E-state index in [1.54, 1.807) is 29.5 Å². The molecule has 118 valence electrons. The van der Waals surface area contributed by atoms with Gasteiger partial charge < -0.3 is 5.32 Å². The van der Waals surface area contributed by atoms with Gasteiger partial charge in [-0.15, -0.1) is 11.3 Å². The first kappa shape index (κ1) is 16.7. The number of carbonyl (C=O) groups is 1. The number of rotatable bonds is 8. The van der Waals surface area contributed by atoms with Crippen molar-refractivity contribution in [2.45, 2.75) is 17.7 Å². The molecule has 2 N–H and O–H groups in total. The van der Waals surface area contributed by atoms with Crippen molar-refractivity contribution in [2.75, 3.05) is 13.1 Å². The molecule has 7 heteroatoms. The van der Waals surface area contributed by atoms with E-state index >= 15 is 0 Å². The molecule has 0 saturated carbocycles. The van der Waals surface area contributed by atoms with Gasteiger partial charge in [0.05, 0.1) is 4.90 Å². The van der Waals surface area contributed by atoms with Gasteiger partial charge in [0.15, 0.2) is 0 Å². The second kappa shape index (κ2) is 8.07. The third kappa shape index (κ3) is 5.25. The maximum absolute atomic E-state index is 11.9. The molecule has 1 amide bonds. The van der Waals surface area contributed by atoms with Crippen LogP contribution in [0.1, 0.15) is 11.3 Å². The van der Waals surface area contributed by atoms with Crippen LogP contribution in [-0.4, -0.2) is 27.4 Å². The van der Waals surface area contributed by atoms with E-state index in [0.29, 0.717) is 6.54 Å². The van der Waals surface area contributed by atoms with Gasteiger partial charge in [-0.05, 0) is 30.0 Å². The molecule has 0 atom stereocenters. The van der Waals surface area contributed by atoms with Gasteiger partial charge in [0.2, 0.25) is 15.9 Å². The summed E-state index contributed by atoms with van der Waals surface area (Å²) in [5, 5.41) is 4.78. The third-order valence-electron chi connectivity index (χ3n) is 2.97. The molecule has 0 saturated heterocycles. The van der Waals surface area contributed by atoms with E-state index in [9.17, 15) is 13.2 Å². The Bertz CT molecular complexity index is 683. The van der Waals surface area contributed by atoms with E-state index in [1.807, 2.05) is 17.5 Å². The Labute approximate surface area is 134 Å². The summed E-state index contributed by atoms with van der Waals surface area (Å²) in [5.41, 5.74) is 0. The summed E-state index contributed by atoms with van der Waals surface area (Å²) in [6.07, 6.45) is 0.912. The molecule has 0 aliphatic rings. The Morgan fingerprint density at radius 1 is 1.05 bits per heavy atom. The van der Waals surface area contributed by atoms with Crippen LogP contribution in [-0.2, 0) is 21.2 Å². The van der Waals surface area contributed by atoms with Crippen LogP contribution in [0.15, 0.2) is 52.7 Å². The highest BCUT2D eigenvalue weighted by molar-refractivity contribution is 7.89. The van der Waals surface area contributed by atoms with Crippen LogP contribution in [0.3, 0.4) is 0 Å². The van der Waals surface area contributed by atoms with Gasteiger partial charge >= 0.3 is 0 Å². The van der Waals surface area contributed by atoms with Gasteiger partial charge in [0.25, 0.3) is 0 Å². The van der Waals surface area contributed by atoms with Crippen molar-refractivity contribution in [3.63, 3.8) is 0 Å². The summed E-state index contributed by atoms with van der Waals surface area (Å²) in [7, 11) is -3.54. The van der Waals surface area contributed by atoms with E-state index in [4.69, 9.17) is 0 Å². The molecule has 1 aromatic carbocycles. The summed E-state index contributed by atoms with van der Waals surface area (Å²) in [6, 6.07) is 12.1. The lowest BCUT2D eigenvalue weighted by atomic mass is 10.3. The number of carbonyl (C=O) groups excluding carboxylic acids is 1. The van der Waals surface area contributed by atoms with E-state index in [1.165, 1.54) is 17.0 Å². The number of thiophene rings is 1. The highest BCUT2D eigenvalue weighted by Crippen LogP contribution is 2.08. The first-order valence-corrected chi connectivity index (χ1v) is 9.28. The van der Waals surface area contributed by atoms with Gasteiger partial charge in [-0.2, -0.15) is 0 Å². The summed E-state index contributed by atoms with van der Waals surface area (Å²) < 4.78 is 26.3. The number of hydrogen-bond acceptors (Lipinski definition) is 4. The number of benzene rings is 1. The SMILES string of the molecule is O=C(CCNS(=O)(=O)c1ccccc1)NCCc1cccs1. The molecule has 1 heterocycles. The Kier molecular flexibility index (Phi) is 6.11. The van der Waals surface area contributed by atoms with E-state index in [2.05, 4.69) is 10.0 Å². The lowest BCUT2D eigenvalue weighted by Gasteiger charge is -2.07. The average Bonchev–Trinajstić information content (AvgIpc) is 3.01. The third-order valence-corrected chi connectivity index (χ3v) is 5.38. The van der Waals surface area contributed by atoms with Gasteiger partial charge in [-0.25, -0.2) is 13.1 Å². The minimum atomic E-state index is -3.54. The average molecular weight is 338 g/mol. The van der Waals surface area contributed by atoms with E-state index in [0.717, 1.165) is 6.42 Å². The zero-order valence-corrected chi connectivity index (χ0v) is 13.6. The summed E-state index contributed by atoms with van der Waals surface area (Å²) in [4.78, 5) is 13.1. The van der Waals surface area contributed by atoms with Crippen molar-refractivity contribution >= 4 is 27.3 Å². The molecular weight excluding hydrogens is 320 g/mol. The Morgan fingerprint density at radius 2 is 1.82 bits per heavy atom. The number of hydrogen-bond donors (Lipinski definition) is 2. The van der Waals surface area contributed by atoms with Crippen LogP contribution >= 0.6 is 11.3 Å². The van der Waals surface area contributed by atoms with Crippen LogP contribution in [0.2, 0.25) is 0 Å². The van der Waals surface area contributed by atoms with Crippen LogP contribution < -0.4 is 10.0 Å². The van der Waals surface area contributed by atoms with Crippen LogP contribution in [0.5, 0.6) is 0 Å². The van der Waals surface area contributed by atoms with Crippen molar-refractivity contribution in [3.05, 3.63) is 52.7 Å². The minimum absolute atomic E-state index is 0.0854. The first-order valence-electron chi connectivity index (χ1n) is 6.92. The lowest BCUT2D eigenvalue weighted by Crippen LogP contribution is -2.31. The van der Waals surface area contributed by atoms with Crippen molar-refractivity contribution < 1.29 is 13.2 Å².